The van der Waals surface area contributed by atoms with Crippen LogP contribution < -0.4 is 15.5 Å². The molecule has 0 bridgehead atoms. The molecule has 45 heavy (non-hydrogen) atoms. The minimum absolute atomic E-state index is 0.0182. The molecule has 0 aliphatic carbocycles. The number of nitrogens with zero attached hydrogens (tertiary/aromatic N) is 4. The molecule has 2 heterocycles. The van der Waals surface area contributed by atoms with Crippen LogP contribution in [0.1, 0.15) is 66.3 Å². The maximum atomic E-state index is 14.1. The number of fused-ring (bicyclic) bond motifs is 1. The average molecular weight is 611 g/mol. The number of anilines is 3. The predicted octanol–water partition coefficient (Wildman–Crippen LogP) is 6.08. The first kappa shape index (κ1) is 31.2. The molecule has 10 nitrogen and oxygen atoms in total. The number of nitriles is 1. The van der Waals surface area contributed by atoms with Gasteiger partial charge in [-0.3, -0.25) is 14.4 Å². The standard InChI is InChI=1S/C34H35FN6O4/c1-34(2,3)45-30(42)21-23-19-24(35)12-13-27(23)37-32(43)22-11-14-28(40-16-7-4-8-17-40)26(20-22)33(44)38-31-25-9-5-6-10-29(25)41(39-31)18-15-36/h5-6,9-14,19-20H,4,7-8,16-18,21H2,1-3H3,(H,37,43)(H,38,39,44). The number of nitrogens with one attached hydrogen (secondary N) is 2. The number of esters is 1. The van der Waals surface area contributed by atoms with Gasteiger partial charge in [0.25, 0.3) is 11.8 Å². The van der Waals surface area contributed by atoms with Gasteiger partial charge in [0.1, 0.15) is 18.0 Å². The lowest BCUT2D eigenvalue weighted by molar-refractivity contribution is -0.153. The van der Waals surface area contributed by atoms with Crippen LogP contribution in [-0.2, 0) is 22.5 Å². The summed E-state index contributed by atoms with van der Waals surface area (Å²) in [6, 6.07) is 18.1. The Balaban J connectivity index is 1.45. The Morgan fingerprint density at radius 2 is 1.73 bits per heavy atom. The number of halogens is 1. The monoisotopic (exact) mass is 610 g/mol. The van der Waals surface area contributed by atoms with Gasteiger partial charge < -0.3 is 20.3 Å². The van der Waals surface area contributed by atoms with Crippen molar-refractivity contribution in [3.63, 3.8) is 0 Å². The number of ether oxygens (including phenoxy) is 1. The van der Waals surface area contributed by atoms with Gasteiger partial charge in [-0.15, -0.1) is 0 Å². The topological polar surface area (TPSA) is 129 Å². The van der Waals surface area contributed by atoms with Gasteiger partial charge in [0.05, 0.1) is 23.6 Å². The van der Waals surface area contributed by atoms with Crippen molar-refractivity contribution in [1.82, 2.24) is 9.78 Å². The number of hydrogen-bond donors (Lipinski definition) is 2. The number of piperidine rings is 1. The molecular formula is C34H35FN6O4. The zero-order chi connectivity index (χ0) is 32.1. The van der Waals surface area contributed by atoms with Crippen LogP contribution in [0.4, 0.5) is 21.6 Å². The highest BCUT2D eigenvalue weighted by atomic mass is 19.1. The summed E-state index contributed by atoms with van der Waals surface area (Å²) < 4.78 is 21.1. The lowest BCUT2D eigenvalue weighted by Crippen LogP contribution is -2.31. The summed E-state index contributed by atoms with van der Waals surface area (Å²) in [5, 5.41) is 20.1. The molecule has 0 spiro atoms. The smallest absolute Gasteiger partial charge is 0.310 e. The molecule has 0 radical (unpaired) electrons. The molecule has 0 atom stereocenters. The summed E-state index contributed by atoms with van der Waals surface area (Å²) >= 11 is 0. The van der Waals surface area contributed by atoms with E-state index in [-0.39, 0.29) is 35.3 Å². The minimum atomic E-state index is -0.721. The second-order valence-corrected chi connectivity index (χ2v) is 11.9. The Morgan fingerprint density at radius 3 is 2.47 bits per heavy atom. The molecule has 3 aromatic carbocycles. The third-order valence-electron chi connectivity index (χ3n) is 7.38. The van der Waals surface area contributed by atoms with E-state index in [4.69, 9.17) is 4.74 Å². The summed E-state index contributed by atoms with van der Waals surface area (Å²) in [4.78, 5) is 42.0. The Kier molecular flexibility index (Phi) is 9.13. The summed E-state index contributed by atoms with van der Waals surface area (Å²) in [6.45, 7) is 6.78. The lowest BCUT2D eigenvalue weighted by Gasteiger charge is -2.30. The van der Waals surface area contributed by atoms with Crippen molar-refractivity contribution in [1.29, 1.82) is 5.26 Å². The number of hydrogen-bond acceptors (Lipinski definition) is 7. The van der Waals surface area contributed by atoms with Crippen LogP contribution in [0, 0.1) is 17.1 Å². The zero-order valence-corrected chi connectivity index (χ0v) is 25.5. The third kappa shape index (κ3) is 7.47. The van der Waals surface area contributed by atoms with Gasteiger partial charge >= 0.3 is 5.97 Å². The first-order valence-corrected chi connectivity index (χ1v) is 14.9. The molecule has 0 unspecified atom stereocenters. The van der Waals surface area contributed by atoms with Crippen LogP contribution in [0.15, 0.2) is 60.7 Å². The highest BCUT2D eigenvalue weighted by Gasteiger charge is 2.24. The van der Waals surface area contributed by atoms with Crippen molar-refractivity contribution in [2.24, 2.45) is 0 Å². The SMILES string of the molecule is CC(C)(C)OC(=O)Cc1cc(F)ccc1NC(=O)c1ccc(N2CCCCC2)c(C(=O)Nc2nn(CC#N)c3ccccc23)c1. The van der Waals surface area contributed by atoms with Gasteiger partial charge in [-0.05, 0) is 94.1 Å². The Morgan fingerprint density at radius 1 is 0.978 bits per heavy atom. The second kappa shape index (κ2) is 13.2. The molecule has 4 aromatic rings. The van der Waals surface area contributed by atoms with Gasteiger partial charge in [-0.2, -0.15) is 10.4 Å². The fraction of sp³-hybridized carbons (Fsp3) is 0.324. The van der Waals surface area contributed by atoms with E-state index in [0.717, 1.165) is 32.4 Å². The number of benzene rings is 3. The fourth-order valence-corrected chi connectivity index (χ4v) is 5.41. The maximum absolute atomic E-state index is 14.1. The van der Waals surface area contributed by atoms with E-state index in [1.807, 2.05) is 24.3 Å². The predicted molar refractivity (Wildman–Crippen MR) is 170 cm³/mol. The quantitative estimate of drug-likeness (QED) is 0.231. The van der Waals surface area contributed by atoms with Crippen LogP contribution in [0.5, 0.6) is 0 Å². The molecule has 5 rings (SSSR count). The summed E-state index contributed by atoms with van der Waals surface area (Å²) in [5.41, 5.74) is 1.69. The molecule has 1 aliphatic heterocycles. The van der Waals surface area contributed by atoms with Crippen molar-refractivity contribution in [3.8, 4) is 6.07 Å². The van der Waals surface area contributed by atoms with Gasteiger partial charge in [0.15, 0.2) is 5.82 Å². The number of para-hydroxylation sites is 1. The summed E-state index contributed by atoms with van der Waals surface area (Å²) in [5.74, 6) is -1.79. The summed E-state index contributed by atoms with van der Waals surface area (Å²) in [7, 11) is 0. The minimum Gasteiger partial charge on any atom is -0.460 e. The van der Waals surface area contributed by atoms with Gasteiger partial charge in [0.2, 0.25) is 0 Å². The zero-order valence-electron chi connectivity index (χ0n) is 25.5. The fourth-order valence-electron chi connectivity index (χ4n) is 5.41. The molecule has 2 amide bonds. The number of amides is 2. The molecule has 2 N–H and O–H groups in total. The molecular weight excluding hydrogens is 575 g/mol. The van der Waals surface area contributed by atoms with E-state index in [1.165, 1.54) is 28.9 Å². The second-order valence-electron chi connectivity index (χ2n) is 11.9. The number of carbonyl (C=O) groups excluding carboxylic acids is 3. The van der Waals surface area contributed by atoms with E-state index in [9.17, 15) is 24.0 Å². The van der Waals surface area contributed by atoms with Crippen LogP contribution in [0.25, 0.3) is 10.9 Å². The van der Waals surface area contributed by atoms with Crippen LogP contribution >= 0.6 is 0 Å². The van der Waals surface area contributed by atoms with Crippen LogP contribution in [-0.4, -0.2) is 46.3 Å². The van der Waals surface area contributed by atoms with Crippen LogP contribution in [0.2, 0.25) is 0 Å². The summed E-state index contributed by atoms with van der Waals surface area (Å²) in [6.07, 6.45) is 2.83. The molecule has 1 saturated heterocycles. The first-order valence-electron chi connectivity index (χ1n) is 14.9. The Labute approximate surface area is 260 Å². The first-order chi connectivity index (χ1) is 21.5. The van der Waals surface area contributed by atoms with E-state index < -0.39 is 29.2 Å². The van der Waals surface area contributed by atoms with Gasteiger partial charge in [-0.25, -0.2) is 9.07 Å². The van der Waals surface area contributed by atoms with Crippen molar-refractivity contribution in [3.05, 3.63) is 83.2 Å². The van der Waals surface area contributed by atoms with E-state index in [0.29, 0.717) is 22.4 Å². The third-order valence-corrected chi connectivity index (χ3v) is 7.38. The van der Waals surface area contributed by atoms with Crippen molar-refractivity contribution in [2.75, 3.05) is 28.6 Å². The maximum Gasteiger partial charge on any atom is 0.310 e. The number of rotatable bonds is 8. The molecule has 1 aliphatic rings. The van der Waals surface area contributed by atoms with E-state index >= 15 is 0 Å². The highest BCUT2D eigenvalue weighted by molar-refractivity contribution is 6.13. The van der Waals surface area contributed by atoms with E-state index in [2.05, 4.69) is 26.7 Å². The number of carbonyl (C=O) groups is 3. The normalized spacial score (nSPS) is 13.3. The molecule has 1 aromatic heterocycles. The number of aromatic nitrogens is 2. The largest absolute Gasteiger partial charge is 0.460 e. The van der Waals surface area contributed by atoms with Crippen molar-refractivity contribution < 1.29 is 23.5 Å². The highest BCUT2D eigenvalue weighted by Crippen LogP contribution is 2.29. The lowest BCUT2D eigenvalue weighted by atomic mass is 10.0. The van der Waals surface area contributed by atoms with Gasteiger partial charge in [0, 0.05) is 35.4 Å². The Bertz CT molecular complexity index is 1800. The molecule has 0 saturated carbocycles. The molecule has 1 fully saturated rings. The van der Waals surface area contributed by atoms with E-state index in [1.54, 1.807) is 32.9 Å². The average Bonchev–Trinajstić information content (AvgIpc) is 3.34. The molecule has 232 valence electrons. The van der Waals surface area contributed by atoms with Crippen molar-refractivity contribution >= 4 is 45.9 Å². The molecule has 11 heteroatoms. The van der Waals surface area contributed by atoms with Crippen molar-refractivity contribution in [2.45, 2.75) is 58.6 Å². The Hall–Kier alpha value is -5.24. The van der Waals surface area contributed by atoms with Gasteiger partial charge in [-0.1, -0.05) is 12.1 Å². The van der Waals surface area contributed by atoms with Crippen LogP contribution in [0.3, 0.4) is 0 Å².